The molecule has 0 saturated heterocycles. The smallest absolute Gasteiger partial charge is 0.416 e. The van der Waals surface area contributed by atoms with Crippen LogP contribution in [0, 0.1) is 12.7 Å². The van der Waals surface area contributed by atoms with E-state index in [2.05, 4.69) is 5.32 Å². The molecule has 0 bridgehead atoms. The standard InChI is InChI=1S/C31H27F7N2O4/c1-18-4-13-23(25(32)16-18)24-17-29(31(36,37)38,19-5-9-22(10-6-19)44-15-3-14-30(33,34)35)40-28(42)26(24)27(41)39-20-7-11-21(43-2)12-8-20/h4-13,16H,3,14-15,17H2,1-2H3,(H,39,41)(H,40,42). The number of alkyl halides is 6. The van der Waals surface area contributed by atoms with Gasteiger partial charge in [0.05, 0.1) is 13.7 Å². The summed E-state index contributed by atoms with van der Waals surface area (Å²) in [6, 6.07) is 14.0. The molecule has 3 aromatic rings. The maximum Gasteiger partial charge on any atom is 0.416 e. The van der Waals surface area contributed by atoms with Crippen molar-refractivity contribution in [1.29, 1.82) is 0 Å². The molecule has 44 heavy (non-hydrogen) atoms. The third-order valence-electron chi connectivity index (χ3n) is 7.03. The van der Waals surface area contributed by atoms with Crippen LogP contribution in [0.15, 0.2) is 72.3 Å². The molecule has 1 atom stereocenters. The van der Waals surface area contributed by atoms with Crippen LogP contribution in [0.4, 0.5) is 36.4 Å². The average Bonchev–Trinajstić information content (AvgIpc) is 2.94. The number of amides is 2. The molecule has 0 aliphatic carbocycles. The lowest BCUT2D eigenvalue weighted by Crippen LogP contribution is -2.59. The summed E-state index contributed by atoms with van der Waals surface area (Å²) in [7, 11) is 1.43. The molecule has 2 amide bonds. The molecule has 13 heteroatoms. The van der Waals surface area contributed by atoms with E-state index in [1.807, 2.05) is 5.32 Å². The maximum absolute atomic E-state index is 15.3. The monoisotopic (exact) mass is 624 g/mol. The molecule has 0 fully saturated rings. The lowest BCUT2D eigenvalue weighted by Gasteiger charge is -2.41. The van der Waals surface area contributed by atoms with Gasteiger partial charge in [-0.15, -0.1) is 0 Å². The van der Waals surface area contributed by atoms with Crippen molar-refractivity contribution in [2.24, 2.45) is 0 Å². The Morgan fingerprint density at radius 3 is 2.16 bits per heavy atom. The van der Waals surface area contributed by atoms with Crippen molar-refractivity contribution < 1.29 is 49.8 Å². The van der Waals surface area contributed by atoms with E-state index in [0.29, 0.717) is 11.3 Å². The Bertz CT molecular complexity index is 1550. The van der Waals surface area contributed by atoms with Crippen LogP contribution >= 0.6 is 0 Å². The lowest BCUT2D eigenvalue weighted by atomic mass is 9.76. The second-order valence-corrected chi connectivity index (χ2v) is 10.1. The summed E-state index contributed by atoms with van der Waals surface area (Å²) in [5.74, 6) is -2.89. The zero-order valence-electron chi connectivity index (χ0n) is 23.5. The Hall–Kier alpha value is -4.55. The van der Waals surface area contributed by atoms with E-state index in [9.17, 15) is 35.9 Å². The van der Waals surface area contributed by atoms with E-state index >= 15 is 4.39 Å². The first-order chi connectivity index (χ1) is 20.6. The molecule has 234 valence electrons. The Balaban J connectivity index is 1.74. The number of hydrogen-bond acceptors (Lipinski definition) is 4. The minimum Gasteiger partial charge on any atom is -0.497 e. The van der Waals surface area contributed by atoms with Gasteiger partial charge in [-0.1, -0.05) is 24.3 Å². The molecule has 1 heterocycles. The van der Waals surface area contributed by atoms with Gasteiger partial charge in [0.15, 0.2) is 5.54 Å². The molecule has 0 radical (unpaired) electrons. The molecular formula is C31H27F7N2O4. The molecule has 6 nitrogen and oxygen atoms in total. The van der Waals surface area contributed by atoms with Gasteiger partial charge in [-0.2, -0.15) is 26.3 Å². The minimum absolute atomic E-state index is 0.00953. The number of methoxy groups -OCH3 is 1. The third kappa shape index (κ3) is 7.14. The summed E-state index contributed by atoms with van der Waals surface area (Å²) in [6.07, 6.45) is -12.0. The Kier molecular flexibility index (Phi) is 9.26. The average molecular weight is 625 g/mol. The Morgan fingerprint density at radius 1 is 0.955 bits per heavy atom. The number of rotatable bonds is 9. The number of carbonyl (C=O) groups excluding carboxylic acids is 2. The van der Waals surface area contributed by atoms with Crippen LogP contribution in [0.1, 0.15) is 36.0 Å². The molecule has 1 unspecified atom stereocenters. The van der Waals surface area contributed by atoms with Gasteiger partial charge in [-0.25, -0.2) is 4.39 Å². The van der Waals surface area contributed by atoms with Crippen molar-refractivity contribution in [3.8, 4) is 11.5 Å². The van der Waals surface area contributed by atoms with Crippen molar-refractivity contribution in [3.05, 3.63) is 94.8 Å². The van der Waals surface area contributed by atoms with E-state index in [1.54, 1.807) is 6.92 Å². The van der Waals surface area contributed by atoms with Crippen molar-refractivity contribution in [2.45, 2.75) is 44.1 Å². The number of ether oxygens (including phenoxy) is 2. The Morgan fingerprint density at radius 2 is 1.59 bits per heavy atom. The first-order valence-electron chi connectivity index (χ1n) is 13.3. The van der Waals surface area contributed by atoms with Gasteiger partial charge in [-0.05, 0) is 72.5 Å². The van der Waals surface area contributed by atoms with Crippen molar-refractivity contribution in [3.63, 3.8) is 0 Å². The lowest BCUT2D eigenvalue weighted by molar-refractivity contribution is -0.201. The molecular weight excluding hydrogens is 597 g/mol. The predicted molar refractivity (Wildman–Crippen MR) is 147 cm³/mol. The number of aryl methyl sites for hydroxylation is 1. The Labute approximate surface area is 247 Å². The molecule has 4 rings (SSSR count). The van der Waals surface area contributed by atoms with Crippen LogP contribution in [0.3, 0.4) is 0 Å². The number of anilines is 1. The summed E-state index contributed by atoms with van der Waals surface area (Å²) >= 11 is 0. The highest BCUT2D eigenvalue weighted by Gasteiger charge is 2.60. The normalized spacial score (nSPS) is 17.2. The third-order valence-corrected chi connectivity index (χ3v) is 7.03. The first-order valence-corrected chi connectivity index (χ1v) is 13.3. The minimum atomic E-state index is -5.14. The SMILES string of the molecule is COc1ccc(NC(=O)C2=C(c3ccc(C)cc3F)CC(c3ccc(OCCCC(F)(F)F)cc3)(C(F)(F)F)NC2=O)cc1. The van der Waals surface area contributed by atoms with Crippen molar-refractivity contribution in [1.82, 2.24) is 5.32 Å². The first kappa shape index (κ1) is 32.4. The van der Waals surface area contributed by atoms with Crippen LogP contribution in [0.2, 0.25) is 0 Å². The van der Waals surface area contributed by atoms with E-state index in [0.717, 1.165) is 30.3 Å². The van der Waals surface area contributed by atoms with E-state index < -0.39 is 65.1 Å². The molecule has 0 spiro atoms. The van der Waals surface area contributed by atoms with Gasteiger partial charge >= 0.3 is 12.4 Å². The van der Waals surface area contributed by atoms with Gasteiger partial charge in [0.1, 0.15) is 22.9 Å². The fourth-order valence-corrected chi connectivity index (χ4v) is 4.80. The molecule has 0 aromatic heterocycles. The zero-order chi connectivity index (χ0) is 32.3. The van der Waals surface area contributed by atoms with Crippen molar-refractivity contribution in [2.75, 3.05) is 19.0 Å². The highest BCUT2D eigenvalue weighted by Crippen LogP contribution is 2.49. The van der Waals surface area contributed by atoms with Crippen molar-refractivity contribution >= 4 is 23.1 Å². The van der Waals surface area contributed by atoms with E-state index in [4.69, 9.17) is 9.47 Å². The van der Waals surface area contributed by atoms with Gasteiger partial charge in [0.2, 0.25) is 0 Å². The maximum atomic E-state index is 15.3. The highest BCUT2D eigenvalue weighted by molar-refractivity contribution is 6.28. The van der Waals surface area contributed by atoms with Gasteiger partial charge < -0.3 is 20.1 Å². The summed E-state index contributed by atoms with van der Waals surface area (Å²) in [4.78, 5) is 26.8. The molecule has 3 aromatic carbocycles. The van der Waals surface area contributed by atoms with Gasteiger partial charge in [-0.3, -0.25) is 9.59 Å². The van der Waals surface area contributed by atoms with Gasteiger partial charge in [0.25, 0.3) is 11.8 Å². The number of nitrogens with one attached hydrogen (secondary N) is 2. The molecule has 1 aliphatic rings. The largest absolute Gasteiger partial charge is 0.497 e. The fraction of sp³-hybridized carbons (Fsp3) is 0.290. The summed E-state index contributed by atoms with van der Waals surface area (Å²) in [5, 5.41) is 4.42. The number of carbonyl (C=O) groups is 2. The highest BCUT2D eigenvalue weighted by atomic mass is 19.4. The second-order valence-electron chi connectivity index (χ2n) is 10.1. The predicted octanol–water partition coefficient (Wildman–Crippen LogP) is 7.23. The zero-order valence-corrected chi connectivity index (χ0v) is 23.5. The van der Waals surface area contributed by atoms with Gasteiger partial charge in [0, 0.05) is 24.1 Å². The van der Waals surface area contributed by atoms with Crippen LogP contribution in [-0.4, -0.2) is 37.9 Å². The number of benzene rings is 3. The van der Waals surface area contributed by atoms with Crippen LogP contribution in [-0.2, 0) is 15.1 Å². The summed E-state index contributed by atoms with van der Waals surface area (Å²) < 4.78 is 108. The summed E-state index contributed by atoms with van der Waals surface area (Å²) in [5.41, 5.74) is -4.41. The second kappa shape index (κ2) is 12.6. The van der Waals surface area contributed by atoms with Crippen LogP contribution in [0.5, 0.6) is 11.5 Å². The number of halogens is 7. The van der Waals surface area contributed by atoms with Crippen LogP contribution in [0.25, 0.3) is 5.57 Å². The topological polar surface area (TPSA) is 76.7 Å². The van der Waals surface area contributed by atoms with E-state index in [-0.39, 0.29) is 30.0 Å². The summed E-state index contributed by atoms with van der Waals surface area (Å²) in [6.45, 7) is 1.24. The molecule has 0 saturated carbocycles. The fourth-order valence-electron chi connectivity index (χ4n) is 4.80. The quantitative estimate of drug-likeness (QED) is 0.150. The van der Waals surface area contributed by atoms with Crippen LogP contribution < -0.4 is 20.1 Å². The molecule has 1 aliphatic heterocycles. The molecule has 2 N–H and O–H groups in total. The number of hydrogen-bond donors (Lipinski definition) is 2. The van der Waals surface area contributed by atoms with E-state index in [1.165, 1.54) is 43.5 Å².